The van der Waals surface area contributed by atoms with Gasteiger partial charge in [-0.05, 0) is 61.9 Å². The van der Waals surface area contributed by atoms with E-state index in [2.05, 4.69) is 10.3 Å². The van der Waals surface area contributed by atoms with Crippen LogP contribution in [0.15, 0.2) is 46.9 Å². The highest BCUT2D eigenvalue weighted by Gasteiger charge is 2.17. The molecule has 0 saturated carbocycles. The molecule has 6 heteroatoms. The van der Waals surface area contributed by atoms with Crippen molar-refractivity contribution in [1.82, 2.24) is 15.2 Å². The second-order valence-electron chi connectivity index (χ2n) is 6.46. The highest BCUT2D eigenvalue weighted by atomic mass is 35.5. The molecule has 3 aromatic rings. The number of fused-ring (bicyclic) bond motifs is 1. The van der Waals surface area contributed by atoms with Gasteiger partial charge in [-0.1, -0.05) is 6.07 Å². The topological polar surface area (TPSA) is 58.4 Å². The summed E-state index contributed by atoms with van der Waals surface area (Å²) >= 11 is 0. The lowest BCUT2D eigenvalue weighted by Crippen LogP contribution is -2.34. The number of aromatic nitrogens is 1. The molecule has 1 aromatic heterocycles. The fourth-order valence-electron chi connectivity index (χ4n) is 3.15. The molecule has 1 aliphatic rings. The molecule has 26 heavy (non-hydrogen) atoms. The van der Waals surface area contributed by atoms with Crippen LogP contribution in [0.1, 0.15) is 22.3 Å². The quantitative estimate of drug-likeness (QED) is 0.746. The summed E-state index contributed by atoms with van der Waals surface area (Å²) < 4.78 is 5.83. The minimum Gasteiger partial charge on any atom is -0.436 e. The van der Waals surface area contributed by atoms with Gasteiger partial charge in [0, 0.05) is 30.8 Å². The van der Waals surface area contributed by atoms with Gasteiger partial charge in [-0.15, -0.1) is 12.4 Å². The molecule has 1 aliphatic heterocycles. The highest BCUT2D eigenvalue weighted by molar-refractivity contribution is 5.94. The Labute approximate surface area is 158 Å². The van der Waals surface area contributed by atoms with E-state index < -0.39 is 0 Å². The van der Waals surface area contributed by atoms with Crippen LogP contribution in [0, 0.1) is 6.92 Å². The summed E-state index contributed by atoms with van der Waals surface area (Å²) in [4.78, 5) is 19.1. The number of hydrogen-bond acceptors (Lipinski definition) is 4. The number of halogens is 1. The SMILES string of the molecule is Cc1ccc2oc(-c3ccc(C(=O)N4CCCNCC4)cc3)nc2c1.Cl. The van der Waals surface area contributed by atoms with E-state index in [4.69, 9.17) is 4.42 Å². The Morgan fingerprint density at radius 1 is 1.12 bits per heavy atom. The van der Waals surface area contributed by atoms with Crippen LogP contribution < -0.4 is 5.32 Å². The van der Waals surface area contributed by atoms with Crippen molar-refractivity contribution in [2.24, 2.45) is 0 Å². The third kappa shape index (κ3) is 3.74. The molecule has 2 heterocycles. The average molecular weight is 372 g/mol. The minimum atomic E-state index is 0. The fraction of sp³-hybridized carbons (Fsp3) is 0.300. The summed E-state index contributed by atoms with van der Waals surface area (Å²) in [5.41, 5.74) is 4.37. The van der Waals surface area contributed by atoms with Gasteiger partial charge in [-0.25, -0.2) is 4.98 Å². The van der Waals surface area contributed by atoms with Crippen molar-refractivity contribution in [3.8, 4) is 11.5 Å². The average Bonchev–Trinajstić information content (AvgIpc) is 2.86. The zero-order chi connectivity index (χ0) is 17.2. The van der Waals surface area contributed by atoms with Gasteiger partial charge >= 0.3 is 0 Å². The van der Waals surface area contributed by atoms with E-state index in [0.29, 0.717) is 11.5 Å². The molecule has 0 aliphatic carbocycles. The van der Waals surface area contributed by atoms with E-state index in [1.165, 1.54) is 0 Å². The number of oxazole rings is 1. The van der Waals surface area contributed by atoms with Crippen molar-refractivity contribution >= 4 is 29.4 Å². The Hall–Kier alpha value is -2.37. The molecule has 136 valence electrons. The van der Waals surface area contributed by atoms with Crippen molar-refractivity contribution in [3.05, 3.63) is 53.6 Å². The number of amides is 1. The van der Waals surface area contributed by atoms with Crippen LogP contribution >= 0.6 is 12.4 Å². The predicted octanol–water partition coefficient (Wildman–Crippen LogP) is 3.66. The van der Waals surface area contributed by atoms with Crippen LogP contribution in [-0.2, 0) is 0 Å². The van der Waals surface area contributed by atoms with Crippen LogP contribution in [0.25, 0.3) is 22.6 Å². The Kier molecular flexibility index (Phi) is 5.59. The number of aryl methyl sites for hydroxylation is 1. The van der Waals surface area contributed by atoms with Crippen LogP contribution in [0.2, 0.25) is 0 Å². The maximum Gasteiger partial charge on any atom is 0.253 e. The summed E-state index contributed by atoms with van der Waals surface area (Å²) in [6.07, 6.45) is 0.992. The normalized spacial score (nSPS) is 14.7. The first-order chi connectivity index (χ1) is 12.2. The lowest BCUT2D eigenvalue weighted by Gasteiger charge is -2.19. The van der Waals surface area contributed by atoms with E-state index in [1.54, 1.807) is 0 Å². The number of nitrogens with zero attached hydrogens (tertiary/aromatic N) is 2. The van der Waals surface area contributed by atoms with Crippen LogP contribution in [0.5, 0.6) is 0 Å². The molecule has 0 radical (unpaired) electrons. The predicted molar refractivity (Wildman–Crippen MR) is 105 cm³/mol. The molecule has 1 amide bonds. The molecule has 0 atom stereocenters. The van der Waals surface area contributed by atoms with Gasteiger partial charge in [-0.2, -0.15) is 0 Å². The molecule has 0 spiro atoms. The summed E-state index contributed by atoms with van der Waals surface area (Å²) in [5.74, 6) is 0.669. The lowest BCUT2D eigenvalue weighted by molar-refractivity contribution is 0.0766. The highest BCUT2D eigenvalue weighted by Crippen LogP contribution is 2.25. The standard InChI is InChI=1S/C20H21N3O2.ClH/c1-14-3-8-18-17(13-14)22-19(25-18)15-4-6-16(7-5-15)20(24)23-11-2-9-21-10-12-23;/h3-8,13,21H,2,9-12H2,1H3;1H. The number of carbonyl (C=O) groups excluding carboxylic acids is 1. The van der Waals surface area contributed by atoms with E-state index >= 15 is 0 Å². The van der Waals surface area contributed by atoms with Crippen molar-refractivity contribution in [2.75, 3.05) is 26.2 Å². The van der Waals surface area contributed by atoms with E-state index in [9.17, 15) is 4.79 Å². The molecular formula is C20H22ClN3O2. The first kappa shape index (κ1) is 18.4. The van der Waals surface area contributed by atoms with Crippen molar-refractivity contribution in [3.63, 3.8) is 0 Å². The van der Waals surface area contributed by atoms with Crippen molar-refractivity contribution in [2.45, 2.75) is 13.3 Å². The fourth-order valence-corrected chi connectivity index (χ4v) is 3.15. The number of nitrogens with one attached hydrogen (secondary N) is 1. The maximum absolute atomic E-state index is 12.6. The summed E-state index contributed by atoms with van der Waals surface area (Å²) in [6, 6.07) is 13.5. The molecular weight excluding hydrogens is 350 g/mol. The van der Waals surface area contributed by atoms with Gasteiger partial charge < -0.3 is 14.6 Å². The number of hydrogen-bond donors (Lipinski definition) is 1. The van der Waals surface area contributed by atoms with Gasteiger partial charge in [0.2, 0.25) is 5.89 Å². The van der Waals surface area contributed by atoms with Gasteiger partial charge in [0.15, 0.2) is 5.58 Å². The Balaban J connectivity index is 0.00000196. The van der Waals surface area contributed by atoms with Gasteiger partial charge in [0.05, 0.1) is 0 Å². The Bertz CT molecular complexity index is 897. The van der Waals surface area contributed by atoms with E-state index in [1.807, 2.05) is 54.3 Å². The van der Waals surface area contributed by atoms with Crippen LogP contribution in [0.3, 0.4) is 0 Å². The van der Waals surface area contributed by atoms with Gasteiger partial charge in [0.1, 0.15) is 5.52 Å². The molecule has 1 saturated heterocycles. The van der Waals surface area contributed by atoms with Crippen molar-refractivity contribution in [1.29, 1.82) is 0 Å². The third-order valence-electron chi connectivity index (χ3n) is 4.55. The molecule has 0 unspecified atom stereocenters. The van der Waals surface area contributed by atoms with Gasteiger partial charge in [-0.3, -0.25) is 4.79 Å². The lowest BCUT2D eigenvalue weighted by atomic mass is 10.1. The molecule has 2 aromatic carbocycles. The monoisotopic (exact) mass is 371 g/mol. The summed E-state index contributed by atoms with van der Waals surface area (Å²) in [5, 5.41) is 3.32. The molecule has 5 nitrogen and oxygen atoms in total. The van der Waals surface area contributed by atoms with Gasteiger partial charge in [0.25, 0.3) is 5.91 Å². The maximum atomic E-state index is 12.6. The van der Waals surface area contributed by atoms with Crippen LogP contribution in [0.4, 0.5) is 0 Å². The molecule has 1 fully saturated rings. The minimum absolute atomic E-state index is 0. The first-order valence-corrected chi connectivity index (χ1v) is 8.68. The molecule has 0 bridgehead atoms. The Morgan fingerprint density at radius 3 is 2.73 bits per heavy atom. The largest absolute Gasteiger partial charge is 0.436 e. The second-order valence-corrected chi connectivity index (χ2v) is 6.46. The number of carbonyl (C=O) groups is 1. The van der Waals surface area contributed by atoms with E-state index in [0.717, 1.165) is 54.8 Å². The zero-order valence-electron chi connectivity index (χ0n) is 14.7. The second kappa shape index (κ2) is 7.89. The number of rotatable bonds is 2. The summed E-state index contributed by atoms with van der Waals surface area (Å²) in [7, 11) is 0. The smallest absolute Gasteiger partial charge is 0.253 e. The molecule has 1 N–H and O–H groups in total. The van der Waals surface area contributed by atoms with Crippen molar-refractivity contribution < 1.29 is 9.21 Å². The summed E-state index contributed by atoms with van der Waals surface area (Å²) in [6.45, 7) is 5.42. The number of benzene rings is 2. The van der Waals surface area contributed by atoms with E-state index in [-0.39, 0.29) is 18.3 Å². The van der Waals surface area contributed by atoms with Crippen LogP contribution in [-0.4, -0.2) is 42.0 Å². The zero-order valence-corrected chi connectivity index (χ0v) is 15.5. The Morgan fingerprint density at radius 2 is 1.92 bits per heavy atom. The molecule has 4 rings (SSSR count). The third-order valence-corrected chi connectivity index (χ3v) is 4.55. The first-order valence-electron chi connectivity index (χ1n) is 8.68.